The summed E-state index contributed by atoms with van der Waals surface area (Å²) in [6.45, 7) is 7.50. The third-order valence-corrected chi connectivity index (χ3v) is 6.63. The Balaban J connectivity index is 1.87. The molecule has 158 valence electrons. The normalized spacial score (nSPS) is 23.5. The lowest BCUT2D eigenvalue weighted by atomic mass is 9.73. The van der Waals surface area contributed by atoms with E-state index in [1.807, 2.05) is 62.1 Å². The van der Waals surface area contributed by atoms with Crippen LogP contribution >= 0.6 is 0 Å². The van der Waals surface area contributed by atoms with Gasteiger partial charge < -0.3 is 4.90 Å². The molecule has 0 radical (unpaired) electrons. The molecule has 2 aliphatic rings. The fourth-order valence-electron chi connectivity index (χ4n) is 5.12. The van der Waals surface area contributed by atoms with Gasteiger partial charge in [-0.1, -0.05) is 81.4 Å². The molecule has 4 heteroatoms. The van der Waals surface area contributed by atoms with Crippen LogP contribution in [0, 0.1) is 11.3 Å². The second kappa shape index (κ2) is 7.99. The molecular weight excluding hydrogens is 372 g/mol. The van der Waals surface area contributed by atoms with Crippen LogP contribution in [0.3, 0.4) is 0 Å². The van der Waals surface area contributed by atoms with Crippen molar-refractivity contribution in [1.82, 2.24) is 10.2 Å². The predicted octanol–water partition coefficient (Wildman–Crippen LogP) is 4.15. The number of amides is 1. The summed E-state index contributed by atoms with van der Waals surface area (Å²) >= 11 is 0. The number of hydrogen-bond acceptors (Lipinski definition) is 3. The van der Waals surface area contributed by atoms with Gasteiger partial charge in [0.05, 0.1) is 17.5 Å². The molecule has 2 heterocycles. The van der Waals surface area contributed by atoms with Gasteiger partial charge in [0, 0.05) is 18.5 Å². The Morgan fingerprint density at radius 2 is 1.40 bits per heavy atom. The fourth-order valence-corrected chi connectivity index (χ4v) is 5.12. The minimum atomic E-state index is -0.715. The van der Waals surface area contributed by atoms with Crippen LogP contribution in [0.1, 0.15) is 51.2 Å². The smallest absolute Gasteiger partial charge is 0.228 e. The van der Waals surface area contributed by atoms with Crippen molar-refractivity contribution < 1.29 is 9.59 Å². The van der Waals surface area contributed by atoms with Gasteiger partial charge in [0.15, 0.2) is 5.78 Å². The van der Waals surface area contributed by atoms with E-state index in [1.54, 1.807) is 0 Å². The number of nitrogens with zero attached hydrogens (tertiary/aromatic N) is 1. The van der Waals surface area contributed by atoms with Crippen LogP contribution in [0.2, 0.25) is 0 Å². The minimum absolute atomic E-state index is 0.162. The first-order chi connectivity index (χ1) is 14.3. The van der Waals surface area contributed by atoms with E-state index in [1.165, 1.54) is 0 Å². The average Bonchev–Trinajstić information content (AvgIpc) is 3.42. The van der Waals surface area contributed by atoms with Gasteiger partial charge in [0.1, 0.15) is 0 Å². The summed E-state index contributed by atoms with van der Waals surface area (Å²) < 4.78 is 0. The SMILES string of the molecule is CC(C)(C)C(=O)[C@H]1C[C@@H](C(=O)N2CCCC2)C(c2ccccc2)(c2ccccc2)N1. The molecule has 2 saturated heterocycles. The van der Waals surface area contributed by atoms with Gasteiger partial charge in [-0.25, -0.2) is 0 Å². The number of hydrogen-bond donors (Lipinski definition) is 1. The topological polar surface area (TPSA) is 49.4 Å². The van der Waals surface area contributed by atoms with Crippen LogP contribution in [0.15, 0.2) is 60.7 Å². The molecule has 1 N–H and O–H groups in total. The predicted molar refractivity (Wildman–Crippen MR) is 119 cm³/mol. The van der Waals surface area contributed by atoms with E-state index in [4.69, 9.17) is 0 Å². The van der Waals surface area contributed by atoms with Gasteiger partial charge in [-0.2, -0.15) is 0 Å². The number of benzene rings is 2. The Morgan fingerprint density at radius 1 is 0.900 bits per heavy atom. The number of Topliss-reactive ketones (excluding diaryl/α,β-unsaturated/α-hetero) is 1. The number of carbonyl (C=O) groups is 2. The summed E-state index contributed by atoms with van der Waals surface area (Å²) in [6, 6.07) is 20.0. The molecule has 0 aromatic heterocycles. The van der Waals surface area contributed by atoms with E-state index < -0.39 is 11.0 Å². The molecule has 4 nitrogen and oxygen atoms in total. The van der Waals surface area contributed by atoms with Crippen LogP contribution in [0.5, 0.6) is 0 Å². The molecule has 2 aliphatic heterocycles. The molecule has 0 spiro atoms. The van der Waals surface area contributed by atoms with E-state index in [0.29, 0.717) is 6.42 Å². The lowest BCUT2D eigenvalue weighted by Crippen LogP contribution is -2.51. The number of nitrogens with one attached hydrogen (secondary N) is 1. The zero-order valence-electron chi connectivity index (χ0n) is 18.2. The Hall–Kier alpha value is -2.46. The van der Waals surface area contributed by atoms with Crippen LogP contribution in [0.25, 0.3) is 0 Å². The Morgan fingerprint density at radius 3 is 1.87 bits per heavy atom. The van der Waals surface area contributed by atoms with Gasteiger partial charge in [-0.3, -0.25) is 14.9 Å². The average molecular weight is 405 g/mol. The van der Waals surface area contributed by atoms with Crippen LogP contribution in [0.4, 0.5) is 0 Å². The highest BCUT2D eigenvalue weighted by atomic mass is 16.2. The van der Waals surface area contributed by atoms with Crippen molar-refractivity contribution in [3.8, 4) is 0 Å². The largest absolute Gasteiger partial charge is 0.342 e. The second-order valence-corrected chi connectivity index (χ2v) is 9.67. The maximum atomic E-state index is 13.8. The molecule has 0 saturated carbocycles. The second-order valence-electron chi connectivity index (χ2n) is 9.67. The summed E-state index contributed by atoms with van der Waals surface area (Å²) in [5, 5.41) is 3.70. The van der Waals surface area contributed by atoms with Crippen LogP contribution < -0.4 is 5.32 Å². The van der Waals surface area contributed by atoms with Crippen molar-refractivity contribution >= 4 is 11.7 Å². The van der Waals surface area contributed by atoms with Gasteiger partial charge in [-0.05, 0) is 30.4 Å². The third-order valence-electron chi connectivity index (χ3n) is 6.63. The first-order valence-electron chi connectivity index (χ1n) is 11.1. The summed E-state index contributed by atoms with van der Waals surface area (Å²) in [6.07, 6.45) is 2.63. The van der Waals surface area contributed by atoms with Gasteiger partial charge in [0.2, 0.25) is 5.91 Å². The lowest BCUT2D eigenvalue weighted by molar-refractivity contribution is -0.135. The Kier molecular flexibility index (Phi) is 5.54. The first kappa shape index (κ1) is 20.8. The fraction of sp³-hybridized carbons (Fsp3) is 0.462. The molecule has 2 aromatic carbocycles. The van der Waals surface area contributed by atoms with Crippen molar-refractivity contribution in [3.63, 3.8) is 0 Å². The Labute approximate surface area is 179 Å². The number of ketones is 1. The summed E-state index contributed by atoms with van der Waals surface area (Å²) in [4.78, 5) is 29.1. The highest BCUT2D eigenvalue weighted by Gasteiger charge is 2.55. The quantitative estimate of drug-likeness (QED) is 0.833. The van der Waals surface area contributed by atoms with Crippen molar-refractivity contribution in [2.24, 2.45) is 11.3 Å². The highest BCUT2D eigenvalue weighted by molar-refractivity contribution is 5.92. The molecule has 30 heavy (non-hydrogen) atoms. The standard InChI is InChI=1S/C26H32N2O2/c1-25(2,3)23(29)22-18-21(24(30)28-16-10-11-17-28)26(27-22,19-12-6-4-7-13-19)20-14-8-5-9-15-20/h4-9,12-15,21-22,27H,10-11,16-18H2,1-3H3/t21-,22+/m0/s1. The van der Waals surface area contributed by atoms with Gasteiger partial charge in [-0.15, -0.1) is 0 Å². The molecule has 2 fully saturated rings. The zero-order valence-corrected chi connectivity index (χ0v) is 18.2. The maximum Gasteiger partial charge on any atom is 0.228 e. The minimum Gasteiger partial charge on any atom is -0.342 e. The monoisotopic (exact) mass is 404 g/mol. The van der Waals surface area contributed by atoms with Gasteiger partial charge >= 0.3 is 0 Å². The van der Waals surface area contributed by atoms with E-state index in [-0.39, 0.29) is 23.7 Å². The molecule has 0 unspecified atom stereocenters. The number of rotatable bonds is 4. The van der Waals surface area contributed by atoms with E-state index in [9.17, 15) is 9.59 Å². The summed E-state index contributed by atoms with van der Waals surface area (Å²) in [5.74, 6) is 0.00377. The molecule has 0 aliphatic carbocycles. The van der Waals surface area contributed by atoms with Gasteiger partial charge in [0.25, 0.3) is 0 Å². The maximum absolute atomic E-state index is 13.8. The van der Waals surface area contributed by atoms with Crippen molar-refractivity contribution in [1.29, 1.82) is 0 Å². The van der Waals surface area contributed by atoms with Crippen molar-refractivity contribution in [3.05, 3.63) is 71.8 Å². The van der Waals surface area contributed by atoms with Crippen LogP contribution in [-0.4, -0.2) is 35.7 Å². The molecular formula is C26H32N2O2. The highest BCUT2D eigenvalue weighted by Crippen LogP contribution is 2.46. The van der Waals surface area contributed by atoms with Crippen molar-refractivity contribution in [2.75, 3.05) is 13.1 Å². The van der Waals surface area contributed by atoms with E-state index in [2.05, 4.69) is 29.6 Å². The molecule has 2 aromatic rings. The number of carbonyl (C=O) groups excluding carboxylic acids is 2. The first-order valence-corrected chi connectivity index (χ1v) is 11.1. The molecule has 2 atom stereocenters. The van der Waals surface area contributed by atoms with Crippen LogP contribution in [-0.2, 0) is 15.1 Å². The van der Waals surface area contributed by atoms with E-state index in [0.717, 1.165) is 37.1 Å². The molecule has 4 rings (SSSR count). The lowest BCUT2D eigenvalue weighted by Gasteiger charge is -2.38. The third kappa shape index (κ3) is 3.58. The Bertz CT molecular complexity index is 856. The van der Waals surface area contributed by atoms with Crippen molar-refractivity contribution in [2.45, 2.75) is 51.6 Å². The molecule has 1 amide bonds. The number of likely N-dealkylation sites (tertiary alicyclic amines) is 1. The summed E-state index contributed by atoms with van der Waals surface area (Å²) in [7, 11) is 0. The summed E-state index contributed by atoms with van der Waals surface area (Å²) in [5.41, 5.74) is 0.895. The zero-order chi connectivity index (χ0) is 21.4. The molecule has 0 bridgehead atoms. The van der Waals surface area contributed by atoms with E-state index >= 15 is 0 Å².